The molecule has 1 saturated heterocycles. The molecule has 410 valence electrons. The Hall–Kier alpha value is -6.79. The number of H-pyrrole nitrogens is 1. The molecule has 29 heteroatoms. The number of esters is 1. The van der Waals surface area contributed by atoms with Crippen LogP contribution in [0.3, 0.4) is 0 Å². The third-order valence-corrected chi connectivity index (χ3v) is 11.5. The summed E-state index contributed by atoms with van der Waals surface area (Å²) in [6, 6.07) is -8.68. The van der Waals surface area contributed by atoms with E-state index in [1.165, 1.54) is 30.4 Å². The fraction of sp³-hybridized carbons (Fsp3) is 0.659. The number of nitrogens with one attached hydrogen (secondary N) is 8. The molecule has 1 aromatic rings. The molecule has 0 aromatic carbocycles. The van der Waals surface area contributed by atoms with Crippen LogP contribution in [0.5, 0.6) is 0 Å². The van der Waals surface area contributed by atoms with E-state index in [2.05, 4.69) is 52.2 Å². The first-order valence-corrected chi connectivity index (χ1v) is 24.3. The number of likely N-dealkylation sites (tertiary alicyclic amines) is 1. The van der Waals surface area contributed by atoms with Gasteiger partial charge < -0.3 is 97.1 Å². The van der Waals surface area contributed by atoms with Gasteiger partial charge in [-0.15, -0.1) is 0 Å². The summed E-state index contributed by atoms with van der Waals surface area (Å²) in [6.45, 7) is 1.30. The van der Waals surface area contributed by atoms with Gasteiger partial charge in [0.05, 0.1) is 32.1 Å². The fourth-order valence-corrected chi connectivity index (χ4v) is 7.43. The number of guanidine groups is 1. The van der Waals surface area contributed by atoms with Gasteiger partial charge in [-0.1, -0.05) is 12.5 Å². The predicted octanol–water partition coefficient (Wildman–Crippen LogP) is -7.02. The molecule has 0 bridgehead atoms. The van der Waals surface area contributed by atoms with E-state index < -0.39 is 115 Å². The zero-order chi connectivity index (χ0) is 54.5. The first kappa shape index (κ1) is 62.3. The van der Waals surface area contributed by atoms with Crippen LogP contribution in [0.15, 0.2) is 29.3 Å². The van der Waals surface area contributed by atoms with Crippen molar-refractivity contribution in [2.45, 2.75) is 132 Å². The number of hydrogen-bond donors (Lipinski definition) is 16. The number of aromatic nitrogens is 2. The minimum atomic E-state index is -1.56. The van der Waals surface area contributed by atoms with Crippen molar-refractivity contribution in [3.8, 4) is 0 Å². The lowest BCUT2D eigenvalue weighted by atomic mass is 10.1. The number of nitrogens with two attached hydrogens (primary N) is 7. The van der Waals surface area contributed by atoms with Crippen LogP contribution in [0.4, 0.5) is 0 Å². The minimum Gasteiger partial charge on any atom is -0.464 e. The van der Waals surface area contributed by atoms with Crippen LogP contribution in [0, 0.1) is 0 Å². The van der Waals surface area contributed by atoms with E-state index in [4.69, 9.17) is 44.9 Å². The summed E-state index contributed by atoms with van der Waals surface area (Å²) in [6.07, 6.45) is 6.04. The Bertz CT molecular complexity index is 2020. The van der Waals surface area contributed by atoms with Gasteiger partial charge >= 0.3 is 5.97 Å². The zero-order valence-corrected chi connectivity index (χ0v) is 41.7. The van der Waals surface area contributed by atoms with E-state index >= 15 is 0 Å². The molecule has 2 rings (SSSR count). The van der Waals surface area contributed by atoms with Crippen molar-refractivity contribution < 1.29 is 53.0 Å². The monoisotopic (exact) mass is 1030 g/mol. The number of nitrogens with zero attached hydrogens (tertiary/aromatic N) is 3. The zero-order valence-electron chi connectivity index (χ0n) is 41.7. The molecule has 0 saturated carbocycles. The highest BCUT2D eigenvalue weighted by molar-refractivity contribution is 5.99. The number of carbonyl (C=O) groups is 9. The second-order valence-corrected chi connectivity index (χ2v) is 17.3. The second kappa shape index (κ2) is 33.8. The van der Waals surface area contributed by atoms with Gasteiger partial charge in [-0.3, -0.25) is 43.3 Å². The van der Waals surface area contributed by atoms with Crippen LogP contribution in [-0.2, 0) is 54.3 Å². The maximum atomic E-state index is 14.2. The number of aromatic amines is 1. The van der Waals surface area contributed by atoms with Gasteiger partial charge in [0.15, 0.2) is 5.96 Å². The van der Waals surface area contributed by atoms with Crippen molar-refractivity contribution in [1.82, 2.24) is 52.1 Å². The summed E-state index contributed by atoms with van der Waals surface area (Å²) in [4.78, 5) is 133. The van der Waals surface area contributed by atoms with Gasteiger partial charge in [0.2, 0.25) is 47.3 Å². The van der Waals surface area contributed by atoms with Crippen molar-refractivity contribution in [2.75, 3.05) is 52.9 Å². The Balaban J connectivity index is 2.21. The van der Waals surface area contributed by atoms with Crippen LogP contribution >= 0.6 is 0 Å². The number of unbranched alkanes of at least 4 members (excludes halogenated alkanes) is 2. The molecule has 0 radical (unpaired) electrons. The number of aliphatic imine (C=N–C) groups is 1. The minimum absolute atomic E-state index is 0.0567. The normalized spacial score (nSPS) is 16.2. The Labute approximate surface area is 423 Å². The largest absolute Gasteiger partial charge is 0.464 e. The molecule has 29 nitrogen and oxygen atoms in total. The summed E-state index contributed by atoms with van der Waals surface area (Å²) in [5.74, 6) is -7.20. The SMILES string of the molecule is COC(=O)/C(=C/CCN=C(N)N)NC(=O)[C@H](CCCCN)NC(=O)[C@H](Cc1cnc[nH]1)NC(=O)[C@@H]1CCCN1C(=O)[C@@H](CCCN)NC(=O)CNC(=O)[C@H](C)NC(=O)[C@@H](NC(=O)C(N)CCCCN)[C@@H](O)CN. The highest BCUT2D eigenvalue weighted by Crippen LogP contribution is 2.20. The van der Waals surface area contributed by atoms with E-state index in [1.54, 1.807) is 0 Å². The quantitative estimate of drug-likeness (QED) is 0.0100. The molecule has 1 aliphatic rings. The van der Waals surface area contributed by atoms with Crippen molar-refractivity contribution in [3.63, 3.8) is 0 Å². The number of methoxy groups -OCH3 is 1. The standard InChI is InChI=1S/C44H78N18O11/c1-25(56-41(70)35(33(63)21-48)61-37(66)27(49)10-3-5-15-45)36(65)54-23-34(64)57-29(12-7-17-47)42(71)62-19-9-14-32(62)40(69)60-31(20-26-22-52-24-55-26)39(68)58-28(11-4-6-16-46)38(67)59-30(43(72)73-2)13-8-18-53-44(50)51/h13,22,24-25,27-29,31-33,35,63H,3-12,14-21,23,45-49H2,1-2H3,(H,52,55)(H,54,65)(H,56,70)(H,57,64)(H,58,68)(H,59,67)(H,60,69)(H,61,66)(H4,50,51,53)/b30-13-/t25-,27?,28-,29+,31-,32-,33-,35-/m0/s1. The average molecular weight is 1040 g/mol. The number of hydrogen-bond acceptors (Lipinski definition) is 18. The molecule has 1 aliphatic heterocycles. The van der Waals surface area contributed by atoms with E-state index in [9.17, 15) is 48.3 Å². The van der Waals surface area contributed by atoms with Crippen molar-refractivity contribution >= 4 is 59.2 Å². The molecule has 8 amide bonds. The van der Waals surface area contributed by atoms with Gasteiger partial charge in [-0.05, 0) is 90.8 Å². The van der Waals surface area contributed by atoms with E-state index in [0.29, 0.717) is 50.9 Å². The molecule has 0 aliphatic carbocycles. The number of rotatable bonds is 34. The third kappa shape index (κ3) is 22.3. The highest BCUT2D eigenvalue weighted by atomic mass is 16.5. The molecule has 1 aromatic heterocycles. The number of amides is 8. The van der Waals surface area contributed by atoms with Gasteiger partial charge in [0, 0.05) is 37.9 Å². The summed E-state index contributed by atoms with van der Waals surface area (Å²) < 4.78 is 4.82. The third-order valence-electron chi connectivity index (χ3n) is 11.5. The summed E-state index contributed by atoms with van der Waals surface area (Å²) >= 11 is 0. The number of imidazole rings is 1. The van der Waals surface area contributed by atoms with Crippen LogP contribution in [0.2, 0.25) is 0 Å². The van der Waals surface area contributed by atoms with Crippen molar-refractivity contribution in [2.24, 2.45) is 45.1 Å². The first-order chi connectivity index (χ1) is 34.8. The topological polar surface area (TPSA) is 494 Å². The lowest BCUT2D eigenvalue weighted by molar-refractivity contribution is -0.142. The molecule has 0 spiro atoms. The van der Waals surface area contributed by atoms with Gasteiger partial charge in [0.25, 0.3) is 0 Å². The maximum Gasteiger partial charge on any atom is 0.354 e. The second-order valence-electron chi connectivity index (χ2n) is 17.3. The Morgan fingerprint density at radius 3 is 2.12 bits per heavy atom. The molecule has 23 N–H and O–H groups in total. The maximum absolute atomic E-state index is 14.2. The smallest absolute Gasteiger partial charge is 0.354 e. The Morgan fingerprint density at radius 1 is 0.836 bits per heavy atom. The summed E-state index contributed by atoms with van der Waals surface area (Å²) in [5, 5.41) is 28.0. The number of ether oxygens (including phenoxy) is 1. The lowest BCUT2D eigenvalue weighted by Gasteiger charge is -2.30. The van der Waals surface area contributed by atoms with Gasteiger partial charge in [-0.2, -0.15) is 0 Å². The fourth-order valence-electron chi connectivity index (χ4n) is 7.43. The van der Waals surface area contributed by atoms with Gasteiger partial charge in [0.1, 0.15) is 41.9 Å². The molecular formula is C44H78N18O11. The first-order valence-electron chi connectivity index (χ1n) is 24.3. The summed E-state index contributed by atoms with van der Waals surface area (Å²) in [7, 11) is 1.12. The molecular weight excluding hydrogens is 957 g/mol. The van der Waals surface area contributed by atoms with Crippen molar-refractivity contribution in [1.29, 1.82) is 0 Å². The number of aliphatic hydroxyl groups excluding tert-OH is 1. The highest BCUT2D eigenvalue weighted by Gasteiger charge is 2.40. The number of carbonyl (C=O) groups excluding carboxylic acids is 9. The average Bonchev–Trinajstić information content (AvgIpc) is 4.09. The Kier molecular flexibility index (Phi) is 28.8. The van der Waals surface area contributed by atoms with Crippen LogP contribution in [-0.4, -0.2) is 180 Å². The van der Waals surface area contributed by atoms with E-state index in [-0.39, 0.29) is 76.2 Å². The Morgan fingerprint density at radius 2 is 1.51 bits per heavy atom. The molecule has 1 unspecified atom stereocenters. The lowest BCUT2D eigenvalue weighted by Crippen LogP contribution is -2.60. The molecule has 73 heavy (non-hydrogen) atoms. The molecule has 1 fully saturated rings. The van der Waals surface area contributed by atoms with Crippen LogP contribution in [0.25, 0.3) is 0 Å². The summed E-state index contributed by atoms with van der Waals surface area (Å²) in [5.41, 5.74) is 39.4. The molecule has 2 heterocycles. The molecule has 8 atom stereocenters. The predicted molar refractivity (Wildman–Crippen MR) is 266 cm³/mol. The van der Waals surface area contributed by atoms with E-state index in [1.807, 2.05) is 0 Å². The van der Waals surface area contributed by atoms with Crippen LogP contribution < -0.4 is 77.4 Å². The van der Waals surface area contributed by atoms with Crippen LogP contribution in [0.1, 0.15) is 83.2 Å². The number of aliphatic hydroxyl groups is 1. The van der Waals surface area contributed by atoms with Gasteiger partial charge in [-0.25, -0.2) is 9.78 Å². The van der Waals surface area contributed by atoms with E-state index in [0.717, 1.165) is 7.11 Å². The van der Waals surface area contributed by atoms with Crippen molar-refractivity contribution in [3.05, 3.63) is 30.0 Å².